The maximum absolute atomic E-state index is 13.6. The van der Waals surface area contributed by atoms with Gasteiger partial charge in [-0.15, -0.1) is 0 Å². The molecule has 1 aliphatic heterocycles. The average Bonchev–Trinajstić information content (AvgIpc) is 3.13. The highest BCUT2D eigenvalue weighted by Gasteiger charge is 2.44. The lowest BCUT2D eigenvalue weighted by atomic mass is 9.94. The van der Waals surface area contributed by atoms with Crippen molar-refractivity contribution in [1.29, 1.82) is 0 Å². The van der Waals surface area contributed by atoms with Crippen LogP contribution in [0.4, 0.5) is 13.2 Å². The Bertz CT molecular complexity index is 1420. The molecule has 2 N–H and O–H groups in total. The largest absolute Gasteiger partial charge is 0.496 e. The summed E-state index contributed by atoms with van der Waals surface area (Å²) in [5.74, 6) is -0.00468. The van der Waals surface area contributed by atoms with Gasteiger partial charge >= 0.3 is 6.18 Å². The number of hydrogen-bond acceptors (Lipinski definition) is 4. The molecule has 37 heavy (non-hydrogen) atoms. The molecule has 0 fully saturated rings. The summed E-state index contributed by atoms with van der Waals surface area (Å²) in [5, 5.41) is 3.52. The molecule has 0 aliphatic carbocycles. The number of likely N-dealkylation sites (N-methyl/N-ethyl adjacent to an activating group) is 1. The van der Waals surface area contributed by atoms with Crippen LogP contribution in [0, 0.1) is 13.8 Å². The number of carbonyl (C=O) groups is 1. The predicted molar refractivity (Wildman–Crippen MR) is 136 cm³/mol. The molecule has 2 aromatic heterocycles. The number of hydrogen-bond donors (Lipinski definition) is 2. The second-order valence-corrected chi connectivity index (χ2v) is 9.51. The van der Waals surface area contributed by atoms with E-state index in [1.165, 1.54) is 19.1 Å². The molecule has 0 saturated carbocycles. The van der Waals surface area contributed by atoms with Gasteiger partial charge in [-0.2, -0.15) is 13.2 Å². The number of methoxy groups -OCH3 is 1. The number of fused-ring (bicyclic) bond motifs is 1. The number of ether oxygens (including phenoxy) is 1. The lowest BCUT2D eigenvalue weighted by molar-refractivity contribution is -0.180. The first-order valence-corrected chi connectivity index (χ1v) is 12.0. The molecule has 10 heteroatoms. The number of alkyl halides is 3. The fourth-order valence-corrected chi connectivity index (χ4v) is 5.19. The average molecular weight is 517 g/mol. The zero-order chi connectivity index (χ0) is 27.1. The number of aromatic nitrogens is 2. The predicted octanol–water partition coefficient (Wildman–Crippen LogP) is 4.64. The molecule has 0 bridgehead atoms. The van der Waals surface area contributed by atoms with Crippen molar-refractivity contribution in [1.82, 2.24) is 19.8 Å². The Hall–Kier alpha value is -3.53. The molecule has 1 aliphatic rings. The van der Waals surface area contributed by atoms with E-state index in [2.05, 4.69) is 10.3 Å². The summed E-state index contributed by atoms with van der Waals surface area (Å²) < 4.78 is 48.2. The molecule has 0 unspecified atom stereocenters. The third-order valence-electron chi connectivity index (χ3n) is 7.16. The molecule has 7 nitrogen and oxygen atoms in total. The van der Waals surface area contributed by atoms with Gasteiger partial charge in [0.15, 0.2) is 0 Å². The lowest BCUT2D eigenvalue weighted by Crippen LogP contribution is -2.46. The zero-order valence-electron chi connectivity index (χ0n) is 21.5. The first-order chi connectivity index (χ1) is 17.4. The smallest absolute Gasteiger partial charge is 0.404 e. The number of nitrogens with zero attached hydrogens (tertiary/aromatic N) is 2. The third kappa shape index (κ3) is 5.02. The number of nitrogens with one attached hydrogen (secondary N) is 2. The number of benzene rings is 1. The molecule has 0 spiro atoms. The van der Waals surface area contributed by atoms with Gasteiger partial charge in [0.05, 0.1) is 30.8 Å². The van der Waals surface area contributed by atoms with Crippen LogP contribution in [0.3, 0.4) is 0 Å². The van der Waals surface area contributed by atoms with Gasteiger partial charge in [-0.1, -0.05) is 24.3 Å². The van der Waals surface area contributed by atoms with Crippen LogP contribution < -0.4 is 15.6 Å². The van der Waals surface area contributed by atoms with Crippen LogP contribution in [0.1, 0.15) is 46.7 Å². The van der Waals surface area contributed by atoms with E-state index in [1.54, 1.807) is 19.9 Å². The van der Waals surface area contributed by atoms with Crippen molar-refractivity contribution in [3.8, 4) is 5.75 Å². The van der Waals surface area contributed by atoms with Crippen molar-refractivity contribution in [2.75, 3.05) is 20.7 Å². The summed E-state index contributed by atoms with van der Waals surface area (Å²) >= 11 is 0. The number of aryl methyl sites for hydroxylation is 1. The van der Waals surface area contributed by atoms with Gasteiger partial charge < -0.3 is 19.6 Å². The number of para-hydroxylation sites is 1. The zero-order valence-corrected chi connectivity index (χ0v) is 21.5. The maximum atomic E-state index is 13.6. The number of amides is 1. The molecule has 4 rings (SSSR count). The van der Waals surface area contributed by atoms with Crippen molar-refractivity contribution in [3.63, 3.8) is 0 Å². The summed E-state index contributed by atoms with van der Waals surface area (Å²) in [7, 11) is 2.93. The first kappa shape index (κ1) is 26.5. The van der Waals surface area contributed by atoms with Crippen LogP contribution >= 0.6 is 0 Å². The lowest BCUT2D eigenvalue weighted by Gasteiger charge is -2.36. The van der Waals surface area contributed by atoms with Gasteiger partial charge in [0.1, 0.15) is 11.8 Å². The molecule has 0 saturated heterocycles. The van der Waals surface area contributed by atoms with Crippen LogP contribution in [0.2, 0.25) is 0 Å². The number of aromatic amines is 1. The van der Waals surface area contributed by atoms with Crippen molar-refractivity contribution >= 4 is 16.8 Å². The van der Waals surface area contributed by atoms with Crippen LogP contribution in [0.25, 0.3) is 10.9 Å². The third-order valence-corrected chi connectivity index (χ3v) is 7.16. The van der Waals surface area contributed by atoms with Gasteiger partial charge in [-0.05, 0) is 51.9 Å². The number of halogens is 3. The minimum absolute atomic E-state index is 0.0448. The molecule has 1 amide bonds. The van der Waals surface area contributed by atoms with Gasteiger partial charge in [0, 0.05) is 28.8 Å². The molecule has 3 heterocycles. The van der Waals surface area contributed by atoms with E-state index in [1.807, 2.05) is 41.8 Å². The van der Waals surface area contributed by atoms with Crippen molar-refractivity contribution in [2.24, 2.45) is 0 Å². The fraction of sp³-hybridized carbons (Fsp3) is 0.407. The summed E-state index contributed by atoms with van der Waals surface area (Å²) in [5.41, 5.74) is 3.08. The van der Waals surface area contributed by atoms with Crippen molar-refractivity contribution in [2.45, 2.75) is 52.0 Å². The van der Waals surface area contributed by atoms with Gasteiger partial charge in [0.25, 0.3) is 11.5 Å². The Morgan fingerprint density at radius 3 is 2.65 bits per heavy atom. The SMILES string of the molecule is COc1cc(C)[nH]c(=O)c1CNC(=O)c1c(C)n([C@H](C)C2=CCN(C)[C@@H](C(F)(F)F)C2)c2ccccc12. The van der Waals surface area contributed by atoms with E-state index < -0.39 is 12.2 Å². The van der Waals surface area contributed by atoms with Crippen molar-refractivity contribution in [3.05, 3.63) is 74.8 Å². The Morgan fingerprint density at radius 2 is 1.97 bits per heavy atom. The highest BCUT2D eigenvalue weighted by atomic mass is 19.4. The van der Waals surface area contributed by atoms with Gasteiger partial charge in [-0.25, -0.2) is 0 Å². The van der Waals surface area contributed by atoms with E-state index in [9.17, 15) is 22.8 Å². The fourth-order valence-electron chi connectivity index (χ4n) is 5.19. The van der Waals surface area contributed by atoms with Crippen LogP contribution in [-0.4, -0.2) is 53.3 Å². The quantitative estimate of drug-likeness (QED) is 0.468. The summed E-state index contributed by atoms with van der Waals surface area (Å²) in [6.07, 6.45) is -2.62. The van der Waals surface area contributed by atoms with E-state index in [0.717, 1.165) is 5.52 Å². The first-order valence-electron chi connectivity index (χ1n) is 12.0. The Morgan fingerprint density at radius 1 is 1.27 bits per heavy atom. The van der Waals surface area contributed by atoms with Gasteiger partial charge in [-0.3, -0.25) is 14.5 Å². The molecular weight excluding hydrogens is 485 g/mol. The molecule has 3 aromatic rings. The second kappa shape index (κ2) is 10.1. The van der Waals surface area contributed by atoms with Crippen LogP contribution in [0.15, 0.2) is 46.8 Å². The number of rotatable bonds is 6. The Balaban J connectivity index is 1.68. The van der Waals surface area contributed by atoms with E-state index >= 15 is 0 Å². The highest BCUT2D eigenvalue weighted by Crippen LogP contribution is 2.38. The van der Waals surface area contributed by atoms with Crippen LogP contribution in [-0.2, 0) is 6.54 Å². The topological polar surface area (TPSA) is 79.4 Å². The summed E-state index contributed by atoms with van der Waals surface area (Å²) in [6.45, 7) is 5.55. The summed E-state index contributed by atoms with van der Waals surface area (Å²) in [4.78, 5) is 29.9. The Labute approximate surface area is 212 Å². The van der Waals surface area contributed by atoms with Crippen LogP contribution in [0.5, 0.6) is 5.75 Å². The van der Waals surface area contributed by atoms with E-state index in [0.29, 0.717) is 39.2 Å². The molecule has 2 atom stereocenters. The highest BCUT2D eigenvalue weighted by molar-refractivity contribution is 6.08. The number of H-pyrrole nitrogens is 1. The monoisotopic (exact) mass is 516 g/mol. The number of pyridine rings is 1. The van der Waals surface area contributed by atoms with E-state index in [-0.39, 0.29) is 37.0 Å². The number of carbonyl (C=O) groups excluding carboxylic acids is 1. The molecule has 1 aromatic carbocycles. The minimum atomic E-state index is -4.33. The standard InChI is InChI=1S/C27H31F3N4O3/c1-15-12-22(37-5)20(25(35)32-15)14-31-26(36)24-17(3)34(21-9-7-6-8-19(21)24)16(2)18-10-11-33(4)23(13-18)27(28,29)30/h6-10,12,16,23H,11,13-14H2,1-5H3,(H,31,36)(H,32,35)/t16-,23-/m1/s1. The van der Waals surface area contributed by atoms with E-state index in [4.69, 9.17) is 4.74 Å². The normalized spacial score (nSPS) is 17.5. The Kier molecular flexibility index (Phi) is 7.23. The molecular formula is C27H31F3N4O3. The molecule has 198 valence electrons. The molecule has 0 radical (unpaired) electrons. The van der Waals surface area contributed by atoms with Gasteiger partial charge in [0.2, 0.25) is 0 Å². The second-order valence-electron chi connectivity index (χ2n) is 9.51. The summed E-state index contributed by atoms with van der Waals surface area (Å²) in [6, 6.07) is 7.08. The minimum Gasteiger partial charge on any atom is -0.496 e. The maximum Gasteiger partial charge on any atom is 0.404 e. The van der Waals surface area contributed by atoms with Crippen molar-refractivity contribution < 1.29 is 22.7 Å².